The summed E-state index contributed by atoms with van der Waals surface area (Å²) < 4.78 is 1.82. The molecule has 4 heterocycles. The highest BCUT2D eigenvalue weighted by atomic mass is 16.4. The van der Waals surface area contributed by atoms with Crippen LogP contribution in [0.2, 0.25) is 0 Å². The van der Waals surface area contributed by atoms with Gasteiger partial charge in [0.05, 0.1) is 22.5 Å². The van der Waals surface area contributed by atoms with Crippen molar-refractivity contribution >= 4 is 28.6 Å². The van der Waals surface area contributed by atoms with Crippen LogP contribution in [0.3, 0.4) is 0 Å². The summed E-state index contributed by atoms with van der Waals surface area (Å²) in [6, 6.07) is 11.6. The van der Waals surface area contributed by atoms with Crippen molar-refractivity contribution in [3.63, 3.8) is 0 Å². The van der Waals surface area contributed by atoms with Crippen molar-refractivity contribution in [2.75, 3.05) is 70.9 Å². The van der Waals surface area contributed by atoms with Crippen LogP contribution >= 0.6 is 0 Å². The van der Waals surface area contributed by atoms with Crippen LogP contribution < -0.4 is 4.90 Å². The summed E-state index contributed by atoms with van der Waals surface area (Å²) in [6.07, 6.45) is 4.95. The second-order valence-corrected chi connectivity index (χ2v) is 11.4. The summed E-state index contributed by atoms with van der Waals surface area (Å²) in [7, 11) is 2.12. The fourth-order valence-corrected chi connectivity index (χ4v) is 6.12. The van der Waals surface area contributed by atoms with E-state index in [1.807, 2.05) is 39.9 Å². The van der Waals surface area contributed by atoms with Gasteiger partial charge in [0.1, 0.15) is 0 Å². The molecular weight excluding hydrogens is 506 g/mol. The molecule has 10 nitrogen and oxygen atoms in total. The maximum atomic E-state index is 12.9. The molecule has 0 atom stereocenters. The molecule has 2 aromatic heterocycles. The Morgan fingerprint density at radius 3 is 2.42 bits per heavy atom. The van der Waals surface area contributed by atoms with Crippen molar-refractivity contribution < 1.29 is 14.7 Å². The standard InChI is InChI=1S/C30H39N7O3/c1-33-12-6-13-36(18-15-33)26(38)11-14-34-16-19-35(20-17-34)25-21-24(30(39)40)31-29-27(25)28(22-7-5-8-22)32-37(29)23-9-3-2-4-10-23/h2-4,9-10,21-22H,5-8,11-20H2,1H3,(H,39,40). The van der Waals surface area contributed by atoms with E-state index in [4.69, 9.17) is 5.10 Å². The van der Waals surface area contributed by atoms with Crippen molar-refractivity contribution in [3.05, 3.63) is 47.8 Å². The first-order chi connectivity index (χ1) is 19.5. The zero-order valence-electron chi connectivity index (χ0n) is 23.3. The number of aromatic carboxylic acids is 1. The number of anilines is 1. The second-order valence-electron chi connectivity index (χ2n) is 11.4. The molecule has 1 N–H and O–H groups in total. The van der Waals surface area contributed by atoms with Gasteiger partial charge in [-0.05, 0) is 51.1 Å². The minimum absolute atomic E-state index is 0.0378. The van der Waals surface area contributed by atoms with Gasteiger partial charge < -0.3 is 19.8 Å². The van der Waals surface area contributed by atoms with Gasteiger partial charge in [0.25, 0.3) is 0 Å². The number of benzene rings is 1. The predicted octanol–water partition coefficient (Wildman–Crippen LogP) is 3.06. The first-order valence-electron chi connectivity index (χ1n) is 14.6. The summed E-state index contributed by atoms with van der Waals surface area (Å²) in [5, 5.41) is 16.0. The Balaban J connectivity index is 1.22. The van der Waals surface area contributed by atoms with Gasteiger partial charge in [-0.15, -0.1) is 0 Å². The minimum atomic E-state index is -1.04. The summed E-state index contributed by atoms with van der Waals surface area (Å²) >= 11 is 0. The molecule has 0 unspecified atom stereocenters. The van der Waals surface area contributed by atoms with E-state index in [0.717, 1.165) is 101 Å². The van der Waals surface area contributed by atoms with E-state index >= 15 is 0 Å². The van der Waals surface area contributed by atoms with Gasteiger partial charge in [-0.1, -0.05) is 24.6 Å². The monoisotopic (exact) mass is 545 g/mol. The molecule has 0 radical (unpaired) electrons. The lowest BCUT2D eigenvalue weighted by Gasteiger charge is -2.37. The maximum absolute atomic E-state index is 12.9. The number of pyridine rings is 1. The molecule has 2 saturated heterocycles. The van der Waals surface area contributed by atoms with E-state index < -0.39 is 5.97 Å². The van der Waals surface area contributed by atoms with Gasteiger partial charge in [-0.25, -0.2) is 14.5 Å². The number of piperazine rings is 1. The predicted molar refractivity (Wildman–Crippen MR) is 154 cm³/mol. The number of carbonyl (C=O) groups excluding carboxylic acids is 1. The molecule has 40 heavy (non-hydrogen) atoms. The molecular formula is C30H39N7O3. The normalized spacial score (nSPS) is 19.5. The third-order valence-electron chi connectivity index (χ3n) is 8.78. The molecule has 1 aliphatic carbocycles. The van der Waals surface area contributed by atoms with Crippen LogP contribution in [0.4, 0.5) is 5.69 Å². The molecule has 3 aliphatic rings. The van der Waals surface area contributed by atoms with Crippen molar-refractivity contribution in [2.24, 2.45) is 0 Å². The SMILES string of the molecule is CN1CCCN(C(=O)CCN2CCN(c3cc(C(=O)O)nc4c3c(C3CCC3)nn4-c3ccccc3)CC2)CC1. The third kappa shape index (κ3) is 5.42. The van der Waals surface area contributed by atoms with Crippen molar-refractivity contribution in [3.8, 4) is 5.69 Å². The van der Waals surface area contributed by atoms with Crippen LogP contribution in [0, 0.1) is 0 Å². The summed E-state index contributed by atoms with van der Waals surface area (Å²) in [5.74, 6) is -0.418. The fourth-order valence-electron chi connectivity index (χ4n) is 6.12. The maximum Gasteiger partial charge on any atom is 0.354 e. The van der Waals surface area contributed by atoms with E-state index in [0.29, 0.717) is 18.0 Å². The number of hydrogen-bond donors (Lipinski definition) is 1. The fraction of sp³-hybridized carbons (Fsp3) is 0.533. The number of fused-ring (bicyclic) bond motifs is 1. The van der Waals surface area contributed by atoms with Gasteiger partial charge in [0.15, 0.2) is 11.3 Å². The smallest absolute Gasteiger partial charge is 0.354 e. The topological polar surface area (TPSA) is 98.0 Å². The minimum Gasteiger partial charge on any atom is -0.477 e. The number of rotatable bonds is 7. The lowest BCUT2D eigenvalue weighted by atomic mass is 9.82. The van der Waals surface area contributed by atoms with E-state index in [1.165, 1.54) is 6.42 Å². The van der Waals surface area contributed by atoms with E-state index in [2.05, 4.69) is 26.7 Å². The molecule has 2 aliphatic heterocycles. The van der Waals surface area contributed by atoms with Gasteiger partial charge >= 0.3 is 5.97 Å². The lowest BCUT2D eigenvalue weighted by Crippen LogP contribution is -2.47. The van der Waals surface area contributed by atoms with Gasteiger partial charge in [-0.3, -0.25) is 9.69 Å². The average Bonchev–Trinajstić information content (AvgIpc) is 3.17. The highest BCUT2D eigenvalue weighted by molar-refractivity contribution is 5.98. The second kappa shape index (κ2) is 11.5. The number of carboxylic acids is 1. The van der Waals surface area contributed by atoms with E-state index in [-0.39, 0.29) is 11.6 Å². The number of hydrogen-bond acceptors (Lipinski definition) is 7. The molecule has 6 rings (SSSR count). The summed E-state index contributed by atoms with van der Waals surface area (Å²) in [5.41, 5.74) is 3.47. The molecule has 1 amide bonds. The lowest BCUT2D eigenvalue weighted by molar-refractivity contribution is -0.131. The number of carboxylic acid groups (broad SMARTS) is 1. The Labute approximate surface area is 235 Å². The number of para-hydroxylation sites is 1. The van der Waals surface area contributed by atoms with Crippen LogP contribution in [0.15, 0.2) is 36.4 Å². The van der Waals surface area contributed by atoms with E-state index in [1.54, 1.807) is 6.07 Å². The molecule has 1 saturated carbocycles. The van der Waals surface area contributed by atoms with Gasteiger partial charge in [0, 0.05) is 64.7 Å². The Kier molecular flexibility index (Phi) is 7.71. The molecule has 3 aromatic rings. The van der Waals surface area contributed by atoms with Crippen LogP contribution in [-0.4, -0.2) is 112 Å². The van der Waals surface area contributed by atoms with Crippen LogP contribution in [0.25, 0.3) is 16.7 Å². The van der Waals surface area contributed by atoms with Crippen LogP contribution in [0.1, 0.15) is 54.2 Å². The summed E-state index contributed by atoms with van der Waals surface area (Å²) in [4.78, 5) is 38.6. The Hall–Kier alpha value is -3.50. The van der Waals surface area contributed by atoms with E-state index in [9.17, 15) is 14.7 Å². The van der Waals surface area contributed by atoms with Crippen LogP contribution in [0.5, 0.6) is 0 Å². The molecule has 10 heteroatoms. The molecule has 3 fully saturated rings. The van der Waals surface area contributed by atoms with Gasteiger partial charge in [0.2, 0.25) is 5.91 Å². The molecule has 0 spiro atoms. The van der Waals surface area contributed by atoms with Crippen molar-refractivity contribution in [1.29, 1.82) is 0 Å². The summed E-state index contributed by atoms with van der Waals surface area (Å²) in [6.45, 7) is 7.58. The number of aromatic nitrogens is 3. The Morgan fingerprint density at radius 1 is 0.950 bits per heavy atom. The molecule has 1 aromatic carbocycles. The van der Waals surface area contributed by atoms with Crippen LogP contribution in [-0.2, 0) is 4.79 Å². The first-order valence-corrected chi connectivity index (χ1v) is 14.6. The highest BCUT2D eigenvalue weighted by Gasteiger charge is 2.31. The first kappa shape index (κ1) is 26.7. The number of carbonyl (C=O) groups is 2. The van der Waals surface area contributed by atoms with Gasteiger partial charge in [-0.2, -0.15) is 5.10 Å². The number of nitrogens with zero attached hydrogens (tertiary/aromatic N) is 7. The molecule has 0 bridgehead atoms. The zero-order valence-corrected chi connectivity index (χ0v) is 23.3. The Bertz CT molecular complexity index is 1360. The Morgan fingerprint density at radius 2 is 1.73 bits per heavy atom. The zero-order chi connectivity index (χ0) is 27.6. The number of amides is 1. The van der Waals surface area contributed by atoms with Crippen molar-refractivity contribution in [2.45, 2.75) is 38.0 Å². The third-order valence-corrected chi connectivity index (χ3v) is 8.78. The quantitative estimate of drug-likeness (QED) is 0.484. The number of likely N-dealkylation sites (N-methyl/N-ethyl adjacent to an activating group) is 1. The van der Waals surface area contributed by atoms with Crippen molar-refractivity contribution in [1.82, 2.24) is 29.5 Å². The largest absolute Gasteiger partial charge is 0.477 e. The highest BCUT2D eigenvalue weighted by Crippen LogP contribution is 2.42. The molecule has 212 valence electrons. The average molecular weight is 546 g/mol.